The van der Waals surface area contributed by atoms with Crippen LogP contribution in [0.2, 0.25) is 0 Å². The summed E-state index contributed by atoms with van der Waals surface area (Å²) in [6.45, 7) is 6.38. The van der Waals surface area contributed by atoms with Gasteiger partial charge >= 0.3 is 0 Å². The minimum atomic E-state index is -0.112. The molecular formula is C12H18BrNO2. The second-order valence-electron chi connectivity index (χ2n) is 4.64. The van der Waals surface area contributed by atoms with Crippen LogP contribution in [-0.2, 0) is 4.74 Å². The summed E-state index contributed by atoms with van der Waals surface area (Å²) in [6.07, 6.45) is 2.10. The zero-order valence-electron chi connectivity index (χ0n) is 9.81. The molecule has 1 aromatic rings. The van der Waals surface area contributed by atoms with Crippen LogP contribution in [-0.4, -0.2) is 12.2 Å². The van der Waals surface area contributed by atoms with Gasteiger partial charge in [-0.1, -0.05) is 6.92 Å². The van der Waals surface area contributed by atoms with Crippen LogP contribution in [0.5, 0.6) is 0 Å². The summed E-state index contributed by atoms with van der Waals surface area (Å²) >= 11 is 3.45. The van der Waals surface area contributed by atoms with Crippen molar-refractivity contribution in [2.45, 2.75) is 39.0 Å². The molecule has 1 aromatic heterocycles. The quantitative estimate of drug-likeness (QED) is 0.909. The highest BCUT2D eigenvalue weighted by Gasteiger charge is 2.42. The normalized spacial score (nSPS) is 36.6. The number of hydrogen-bond donors (Lipinski definition) is 1. The summed E-state index contributed by atoms with van der Waals surface area (Å²) < 4.78 is 12.2. The topological polar surface area (TPSA) is 48.4 Å². The molecule has 0 aromatic carbocycles. The minimum absolute atomic E-state index is 0.112. The molecular weight excluding hydrogens is 270 g/mol. The summed E-state index contributed by atoms with van der Waals surface area (Å²) in [5.74, 6) is 1.57. The lowest BCUT2D eigenvalue weighted by molar-refractivity contribution is 0.0482. The molecule has 0 amide bonds. The van der Waals surface area contributed by atoms with Crippen LogP contribution in [0.15, 0.2) is 21.2 Å². The van der Waals surface area contributed by atoms with Gasteiger partial charge in [0.15, 0.2) is 0 Å². The molecule has 16 heavy (non-hydrogen) atoms. The molecule has 0 radical (unpaired) electrons. The van der Waals surface area contributed by atoms with Crippen molar-refractivity contribution in [3.63, 3.8) is 0 Å². The van der Waals surface area contributed by atoms with Gasteiger partial charge in [-0.05, 0) is 41.8 Å². The first kappa shape index (κ1) is 12.1. The van der Waals surface area contributed by atoms with E-state index in [-0.39, 0.29) is 18.2 Å². The van der Waals surface area contributed by atoms with Crippen molar-refractivity contribution in [3.8, 4) is 0 Å². The predicted octanol–water partition coefficient (Wildman–Crippen LogP) is 3.10. The maximum Gasteiger partial charge on any atom is 0.134 e. The van der Waals surface area contributed by atoms with E-state index in [0.29, 0.717) is 11.8 Å². The van der Waals surface area contributed by atoms with Crippen LogP contribution in [0.1, 0.15) is 32.6 Å². The smallest absolute Gasteiger partial charge is 0.134 e. The van der Waals surface area contributed by atoms with Gasteiger partial charge in [0.25, 0.3) is 0 Å². The lowest BCUT2D eigenvalue weighted by atomic mass is 9.83. The van der Waals surface area contributed by atoms with Gasteiger partial charge in [0, 0.05) is 5.92 Å². The summed E-state index contributed by atoms with van der Waals surface area (Å²) in [5, 5.41) is 0. The minimum Gasteiger partial charge on any atom is -0.466 e. The SMILES string of the molecule is CC1OC(C)C(C(N)c2occc2Br)C1C. The Balaban J connectivity index is 2.22. The third kappa shape index (κ3) is 1.94. The largest absolute Gasteiger partial charge is 0.466 e. The molecule has 90 valence electrons. The van der Waals surface area contributed by atoms with Crippen LogP contribution in [0.25, 0.3) is 0 Å². The monoisotopic (exact) mass is 287 g/mol. The Morgan fingerprint density at radius 3 is 2.44 bits per heavy atom. The lowest BCUT2D eigenvalue weighted by Gasteiger charge is -2.24. The second-order valence-corrected chi connectivity index (χ2v) is 5.50. The molecule has 5 unspecified atom stereocenters. The van der Waals surface area contributed by atoms with Gasteiger partial charge < -0.3 is 14.9 Å². The van der Waals surface area contributed by atoms with Gasteiger partial charge in [-0.3, -0.25) is 0 Å². The highest BCUT2D eigenvalue weighted by molar-refractivity contribution is 9.10. The number of halogens is 1. The van der Waals surface area contributed by atoms with E-state index >= 15 is 0 Å². The number of nitrogens with two attached hydrogens (primary N) is 1. The van der Waals surface area contributed by atoms with E-state index < -0.39 is 0 Å². The van der Waals surface area contributed by atoms with Crippen LogP contribution < -0.4 is 5.73 Å². The molecule has 0 spiro atoms. The van der Waals surface area contributed by atoms with E-state index in [1.807, 2.05) is 6.07 Å². The molecule has 1 fully saturated rings. The molecule has 0 bridgehead atoms. The number of hydrogen-bond acceptors (Lipinski definition) is 3. The summed E-state index contributed by atoms with van der Waals surface area (Å²) in [4.78, 5) is 0. The molecule has 1 saturated heterocycles. The Hall–Kier alpha value is -0.320. The van der Waals surface area contributed by atoms with Crippen LogP contribution in [0, 0.1) is 11.8 Å². The Morgan fingerprint density at radius 1 is 1.31 bits per heavy atom. The van der Waals surface area contributed by atoms with Gasteiger partial charge in [0.1, 0.15) is 5.76 Å². The number of rotatable bonds is 2. The zero-order valence-corrected chi connectivity index (χ0v) is 11.4. The fraction of sp³-hybridized carbons (Fsp3) is 0.667. The van der Waals surface area contributed by atoms with Gasteiger partial charge in [0.05, 0.1) is 29.0 Å². The summed E-state index contributed by atoms with van der Waals surface area (Å²) in [5.41, 5.74) is 6.28. The Bertz CT molecular complexity index is 366. The molecule has 0 saturated carbocycles. The van der Waals surface area contributed by atoms with E-state index in [9.17, 15) is 0 Å². The molecule has 3 nitrogen and oxygen atoms in total. The first-order valence-electron chi connectivity index (χ1n) is 5.66. The van der Waals surface area contributed by atoms with Gasteiger partial charge in [-0.25, -0.2) is 0 Å². The van der Waals surface area contributed by atoms with Crippen molar-refractivity contribution in [2.75, 3.05) is 0 Å². The van der Waals surface area contributed by atoms with Crippen molar-refractivity contribution >= 4 is 15.9 Å². The highest BCUT2D eigenvalue weighted by Crippen LogP contribution is 2.41. The zero-order chi connectivity index (χ0) is 11.9. The molecule has 5 atom stereocenters. The van der Waals surface area contributed by atoms with Crippen LogP contribution in [0.4, 0.5) is 0 Å². The van der Waals surface area contributed by atoms with E-state index in [0.717, 1.165) is 10.2 Å². The van der Waals surface area contributed by atoms with Crippen LogP contribution >= 0.6 is 15.9 Å². The maximum absolute atomic E-state index is 6.28. The molecule has 1 aliphatic rings. The number of ether oxygens (including phenoxy) is 1. The van der Waals surface area contributed by atoms with Crippen molar-refractivity contribution in [1.29, 1.82) is 0 Å². The first-order chi connectivity index (χ1) is 7.52. The average Bonchev–Trinajstić information content (AvgIpc) is 2.73. The van der Waals surface area contributed by atoms with Gasteiger partial charge in [0.2, 0.25) is 0 Å². The molecule has 1 aliphatic heterocycles. The third-order valence-corrected chi connectivity index (χ3v) is 4.34. The van der Waals surface area contributed by atoms with E-state index in [2.05, 4.69) is 36.7 Å². The van der Waals surface area contributed by atoms with Crippen LogP contribution in [0.3, 0.4) is 0 Å². The molecule has 4 heteroatoms. The Morgan fingerprint density at radius 2 is 2.00 bits per heavy atom. The Kier molecular flexibility index (Phi) is 3.42. The number of furan rings is 1. The van der Waals surface area contributed by atoms with Crippen molar-refractivity contribution in [2.24, 2.45) is 17.6 Å². The Labute approximate surface area is 104 Å². The second kappa shape index (κ2) is 4.51. The van der Waals surface area contributed by atoms with Crippen molar-refractivity contribution in [3.05, 3.63) is 22.6 Å². The molecule has 0 aliphatic carbocycles. The molecule has 2 heterocycles. The average molecular weight is 288 g/mol. The predicted molar refractivity (Wildman–Crippen MR) is 66.0 cm³/mol. The fourth-order valence-electron chi connectivity index (χ4n) is 2.63. The van der Waals surface area contributed by atoms with E-state index in [4.69, 9.17) is 14.9 Å². The first-order valence-corrected chi connectivity index (χ1v) is 6.45. The maximum atomic E-state index is 6.28. The van der Waals surface area contributed by atoms with Crippen molar-refractivity contribution < 1.29 is 9.15 Å². The van der Waals surface area contributed by atoms with E-state index in [1.54, 1.807) is 6.26 Å². The van der Waals surface area contributed by atoms with Gasteiger partial charge in [-0.2, -0.15) is 0 Å². The van der Waals surface area contributed by atoms with Gasteiger partial charge in [-0.15, -0.1) is 0 Å². The standard InChI is InChI=1S/C12H18BrNO2/c1-6-7(2)16-8(3)10(6)11(14)12-9(13)4-5-15-12/h4-8,10-11H,14H2,1-3H3. The lowest BCUT2D eigenvalue weighted by Crippen LogP contribution is -2.30. The third-order valence-electron chi connectivity index (χ3n) is 3.68. The van der Waals surface area contributed by atoms with E-state index in [1.165, 1.54) is 0 Å². The molecule has 2 N–H and O–H groups in total. The summed E-state index contributed by atoms with van der Waals surface area (Å²) in [7, 11) is 0. The highest BCUT2D eigenvalue weighted by atomic mass is 79.9. The molecule has 2 rings (SSSR count). The van der Waals surface area contributed by atoms with Crippen molar-refractivity contribution in [1.82, 2.24) is 0 Å². The fourth-order valence-corrected chi connectivity index (χ4v) is 3.10. The summed E-state index contributed by atoms with van der Waals surface area (Å²) in [6, 6.07) is 1.77.